The standard InChI is InChI=1S/C80H134NO8P/c1-6-8-10-12-14-16-18-20-22-24-26-28-30-32-34-36-38-40-42-44-46-48-50-52-54-56-58-60-62-64-66-68-70-72-79(82)86-76-78(77-88-90(84,85)87-75-74-81(3,4)5)89-80(83)73-71-69-67-65-63-61-59-57-55-53-51-49-47-45-43-41-39-37-35-33-31-29-27-25-23-21-19-17-15-13-11-9-7-2/h8-11,14-17,20-23,26-29,32-35,39,41,45,47,51,53,78H,6-7,12-13,18-19,24-25,30-31,36-38,40,42-44,46,48-50,52,54-77H2,1-5H3/p+1/b10-8-,11-9-,16-14-,17-15-,22-20-,23-21-,28-26-,29-27-,34-32-,35-33-,41-39-,47-45-,53-51-. The van der Waals surface area contributed by atoms with Crippen LogP contribution in [0.25, 0.3) is 0 Å². The van der Waals surface area contributed by atoms with Crippen molar-refractivity contribution in [2.24, 2.45) is 0 Å². The highest BCUT2D eigenvalue weighted by Crippen LogP contribution is 2.43. The fraction of sp³-hybridized carbons (Fsp3) is 0.650. The Morgan fingerprint density at radius 1 is 0.344 bits per heavy atom. The van der Waals surface area contributed by atoms with Crippen LogP contribution in [0.15, 0.2) is 158 Å². The molecule has 0 aliphatic carbocycles. The first kappa shape index (κ1) is 85.6. The molecule has 0 fully saturated rings. The van der Waals surface area contributed by atoms with Gasteiger partial charge in [0.15, 0.2) is 6.10 Å². The summed E-state index contributed by atoms with van der Waals surface area (Å²) in [4.78, 5) is 35.9. The van der Waals surface area contributed by atoms with E-state index in [1.54, 1.807) is 0 Å². The molecule has 0 bridgehead atoms. The molecule has 0 spiro atoms. The first-order chi connectivity index (χ1) is 44.0. The number of hydrogen-bond donors (Lipinski definition) is 1. The second-order valence-corrected chi connectivity index (χ2v) is 26.3. The maximum absolute atomic E-state index is 12.9. The lowest BCUT2D eigenvalue weighted by Gasteiger charge is -2.24. The van der Waals surface area contributed by atoms with Crippen LogP contribution in [0.5, 0.6) is 0 Å². The molecular formula is C80H135NO8P+. The van der Waals surface area contributed by atoms with E-state index in [0.29, 0.717) is 17.4 Å². The van der Waals surface area contributed by atoms with Crippen LogP contribution < -0.4 is 0 Å². The van der Waals surface area contributed by atoms with Crippen LogP contribution in [0.2, 0.25) is 0 Å². The number of nitrogens with zero attached hydrogens (tertiary/aromatic N) is 1. The number of allylic oxidation sites excluding steroid dienone is 26. The Morgan fingerprint density at radius 3 is 0.889 bits per heavy atom. The molecule has 10 heteroatoms. The number of ether oxygens (including phenoxy) is 2. The number of quaternary nitrogens is 1. The predicted molar refractivity (Wildman–Crippen MR) is 390 cm³/mol. The smallest absolute Gasteiger partial charge is 0.462 e. The molecule has 0 aromatic heterocycles. The number of rotatable bonds is 65. The Morgan fingerprint density at radius 2 is 0.600 bits per heavy atom. The third kappa shape index (κ3) is 72.7. The van der Waals surface area contributed by atoms with E-state index in [2.05, 4.69) is 172 Å². The van der Waals surface area contributed by atoms with Gasteiger partial charge in [0, 0.05) is 12.8 Å². The van der Waals surface area contributed by atoms with Crippen LogP contribution in [0, 0.1) is 0 Å². The van der Waals surface area contributed by atoms with Gasteiger partial charge in [-0.1, -0.05) is 307 Å². The maximum Gasteiger partial charge on any atom is 0.472 e. The van der Waals surface area contributed by atoms with E-state index in [1.165, 1.54) is 122 Å². The maximum atomic E-state index is 12.9. The molecule has 2 atom stereocenters. The van der Waals surface area contributed by atoms with Gasteiger partial charge in [-0.05, 0) is 122 Å². The molecule has 90 heavy (non-hydrogen) atoms. The van der Waals surface area contributed by atoms with E-state index in [0.717, 1.165) is 128 Å². The molecule has 0 saturated carbocycles. The van der Waals surface area contributed by atoms with Gasteiger partial charge in [-0.2, -0.15) is 0 Å². The van der Waals surface area contributed by atoms with Gasteiger partial charge >= 0.3 is 19.8 Å². The van der Waals surface area contributed by atoms with Crippen molar-refractivity contribution in [1.29, 1.82) is 0 Å². The monoisotopic (exact) mass is 1270 g/mol. The second-order valence-electron chi connectivity index (χ2n) is 24.9. The molecule has 2 unspecified atom stereocenters. The van der Waals surface area contributed by atoms with Crippen molar-refractivity contribution >= 4 is 19.8 Å². The molecule has 0 aromatic carbocycles. The van der Waals surface area contributed by atoms with E-state index in [-0.39, 0.29) is 32.0 Å². The minimum Gasteiger partial charge on any atom is -0.462 e. The highest BCUT2D eigenvalue weighted by atomic mass is 31.2. The van der Waals surface area contributed by atoms with Crippen LogP contribution in [-0.4, -0.2) is 74.9 Å². The molecule has 0 amide bonds. The molecule has 0 aliphatic rings. The minimum absolute atomic E-state index is 0.0232. The number of esters is 2. The van der Waals surface area contributed by atoms with Gasteiger partial charge in [0.2, 0.25) is 0 Å². The Kier molecular flexibility index (Phi) is 65.6. The number of unbranched alkanes of at least 4 members (excludes halogenated alkanes) is 25. The highest BCUT2D eigenvalue weighted by molar-refractivity contribution is 7.47. The fourth-order valence-electron chi connectivity index (χ4n) is 9.59. The van der Waals surface area contributed by atoms with Crippen LogP contribution in [0.4, 0.5) is 0 Å². The SMILES string of the molecule is CC/C=C\C/C=C\C/C=C\C/C=C\C/C=C\C/C=C\C/C=C\C/C=C\CCCCCCCCCCC(=O)OC(COC(=O)CCCCCCCCCCCCCCCCCCC/C=C\C/C=C\C/C=C\C/C=C\C/C=C\CC)COP(=O)(O)OCC[N+](C)(C)C. The van der Waals surface area contributed by atoms with Gasteiger partial charge < -0.3 is 18.9 Å². The van der Waals surface area contributed by atoms with Crippen LogP contribution >= 0.6 is 7.82 Å². The Bertz CT molecular complexity index is 2080. The molecule has 0 heterocycles. The summed E-state index contributed by atoms with van der Waals surface area (Å²) in [5, 5.41) is 0. The molecule has 0 aromatic rings. The number of carbonyl (C=O) groups excluding carboxylic acids is 2. The second kappa shape index (κ2) is 69.0. The zero-order valence-corrected chi connectivity index (χ0v) is 59.2. The summed E-state index contributed by atoms with van der Waals surface area (Å²) >= 11 is 0. The Hall–Kier alpha value is -4.37. The van der Waals surface area contributed by atoms with E-state index in [9.17, 15) is 19.0 Å². The highest BCUT2D eigenvalue weighted by Gasteiger charge is 2.27. The van der Waals surface area contributed by atoms with E-state index in [4.69, 9.17) is 18.5 Å². The van der Waals surface area contributed by atoms with E-state index >= 15 is 0 Å². The summed E-state index contributed by atoms with van der Waals surface area (Å²) in [6.45, 7) is 4.20. The lowest BCUT2D eigenvalue weighted by Crippen LogP contribution is -2.37. The first-order valence-electron chi connectivity index (χ1n) is 36.2. The normalized spacial score (nSPS) is 14.1. The Labute approximate surface area is 554 Å². The summed E-state index contributed by atoms with van der Waals surface area (Å²) in [5.74, 6) is -0.809. The van der Waals surface area contributed by atoms with Gasteiger partial charge in [-0.25, -0.2) is 4.57 Å². The lowest BCUT2D eigenvalue weighted by atomic mass is 10.0. The summed E-state index contributed by atoms with van der Waals surface area (Å²) < 4.78 is 34.7. The van der Waals surface area contributed by atoms with Crippen LogP contribution in [0.1, 0.15) is 284 Å². The van der Waals surface area contributed by atoms with Gasteiger partial charge in [-0.15, -0.1) is 0 Å². The number of phosphoric acid groups is 1. The largest absolute Gasteiger partial charge is 0.472 e. The van der Waals surface area contributed by atoms with Gasteiger partial charge in [0.1, 0.15) is 19.8 Å². The number of hydrogen-bond acceptors (Lipinski definition) is 7. The van der Waals surface area contributed by atoms with Crippen molar-refractivity contribution in [2.75, 3.05) is 47.5 Å². The van der Waals surface area contributed by atoms with Crippen molar-refractivity contribution in [3.63, 3.8) is 0 Å². The molecule has 0 aliphatic heterocycles. The zero-order chi connectivity index (χ0) is 65.5. The molecule has 9 nitrogen and oxygen atoms in total. The topological polar surface area (TPSA) is 108 Å². The van der Waals surface area contributed by atoms with Crippen molar-refractivity contribution in [3.8, 4) is 0 Å². The summed E-state index contributed by atoms with van der Waals surface area (Å²) in [7, 11) is 1.46. The van der Waals surface area contributed by atoms with Gasteiger partial charge in [0.25, 0.3) is 0 Å². The van der Waals surface area contributed by atoms with Crippen molar-refractivity contribution < 1.29 is 42.1 Å². The zero-order valence-electron chi connectivity index (χ0n) is 58.3. The fourth-order valence-corrected chi connectivity index (χ4v) is 10.3. The van der Waals surface area contributed by atoms with Gasteiger partial charge in [-0.3, -0.25) is 18.6 Å². The van der Waals surface area contributed by atoms with Gasteiger partial charge in [0.05, 0.1) is 27.7 Å². The number of likely N-dealkylation sites (N-methyl/N-ethyl adjacent to an activating group) is 1. The summed E-state index contributed by atoms with van der Waals surface area (Å²) in [6, 6.07) is 0. The molecular weight excluding hydrogens is 1130 g/mol. The minimum atomic E-state index is -4.41. The van der Waals surface area contributed by atoms with E-state index in [1.807, 2.05) is 21.1 Å². The molecule has 0 saturated heterocycles. The third-order valence-electron chi connectivity index (χ3n) is 15.1. The third-order valence-corrected chi connectivity index (χ3v) is 16.0. The molecule has 1 N–H and O–H groups in total. The Balaban J connectivity index is 4.09. The van der Waals surface area contributed by atoms with Crippen molar-refractivity contribution in [1.82, 2.24) is 0 Å². The first-order valence-corrected chi connectivity index (χ1v) is 37.7. The quantitative estimate of drug-likeness (QED) is 0.0211. The molecule has 512 valence electrons. The van der Waals surface area contributed by atoms with Crippen molar-refractivity contribution in [2.45, 2.75) is 290 Å². The average Bonchev–Trinajstić information content (AvgIpc) is 3.58. The lowest BCUT2D eigenvalue weighted by molar-refractivity contribution is -0.870. The van der Waals surface area contributed by atoms with E-state index < -0.39 is 26.5 Å². The molecule has 0 rings (SSSR count). The van der Waals surface area contributed by atoms with Crippen LogP contribution in [0.3, 0.4) is 0 Å². The predicted octanol–water partition coefficient (Wildman–Crippen LogP) is 23.9. The van der Waals surface area contributed by atoms with Crippen molar-refractivity contribution in [3.05, 3.63) is 158 Å². The molecule has 0 radical (unpaired) electrons. The summed E-state index contributed by atoms with van der Waals surface area (Å²) in [6.07, 6.45) is 103. The number of carbonyl (C=O) groups is 2. The van der Waals surface area contributed by atoms with Crippen LogP contribution in [-0.2, 0) is 32.7 Å². The summed E-state index contributed by atoms with van der Waals surface area (Å²) in [5.41, 5.74) is 0. The number of phosphoric ester groups is 1. The average molecular weight is 1270 g/mol.